The van der Waals surface area contributed by atoms with E-state index in [4.69, 9.17) is 21.7 Å². The highest BCUT2D eigenvalue weighted by Gasteiger charge is 1.93. The van der Waals surface area contributed by atoms with Crippen molar-refractivity contribution < 1.29 is 4.74 Å². The lowest BCUT2D eigenvalue weighted by atomic mass is 10.2. The summed E-state index contributed by atoms with van der Waals surface area (Å²) in [5.74, 6) is 5.30. The summed E-state index contributed by atoms with van der Waals surface area (Å²) in [6.07, 6.45) is 0. The number of nitrogens with one attached hydrogen (secondary N) is 1. The van der Waals surface area contributed by atoms with E-state index in [1.165, 1.54) is 0 Å². The Labute approximate surface area is 88.4 Å². The first-order chi connectivity index (χ1) is 6.74. The number of rotatable bonds is 1. The normalized spacial score (nSPS) is 8.71. The molecule has 0 radical (unpaired) electrons. The van der Waals surface area contributed by atoms with E-state index in [9.17, 15) is 0 Å². The Morgan fingerprint density at radius 2 is 2.21 bits per heavy atom. The number of hydrogen-bond acceptors (Lipinski definition) is 2. The van der Waals surface area contributed by atoms with Gasteiger partial charge in [0.2, 0.25) is 0 Å². The van der Waals surface area contributed by atoms with Gasteiger partial charge in [0.15, 0.2) is 0 Å². The third-order valence-electron chi connectivity index (χ3n) is 1.47. The average molecular weight is 208 g/mol. The standard InChI is InChI=1S/C11H10ClNO/c1-2-14-11(13)8-7-9-5-3-4-6-10(9)12/h3-6,13H,2H2,1H3. The third kappa shape index (κ3) is 3.12. The largest absolute Gasteiger partial charge is 0.472 e. The summed E-state index contributed by atoms with van der Waals surface area (Å²) in [6, 6.07) is 7.24. The summed E-state index contributed by atoms with van der Waals surface area (Å²) >= 11 is 5.87. The monoisotopic (exact) mass is 207 g/mol. The minimum atomic E-state index is -0.0348. The first-order valence-corrected chi connectivity index (χ1v) is 4.59. The SMILES string of the molecule is CCOC(=N)C#Cc1ccccc1Cl. The van der Waals surface area contributed by atoms with Gasteiger partial charge in [0.05, 0.1) is 11.6 Å². The molecule has 0 aromatic heterocycles. The van der Waals surface area contributed by atoms with Gasteiger partial charge in [0.1, 0.15) is 0 Å². The van der Waals surface area contributed by atoms with Crippen LogP contribution in [0.4, 0.5) is 0 Å². The van der Waals surface area contributed by atoms with Crippen LogP contribution in [0.25, 0.3) is 0 Å². The van der Waals surface area contributed by atoms with Gasteiger partial charge in [-0.2, -0.15) is 0 Å². The summed E-state index contributed by atoms with van der Waals surface area (Å²) in [6.45, 7) is 2.27. The number of ether oxygens (including phenoxy) is 1. The fourth-order valence-electron chi connectivity index (χ4n) is 0.867. The summed E-state index contributed by atoms with van der Waals surface area (Å²) in [7, 11) is 0. The predicted octanol–water partition coefficient (Wildman–Crippen LogP) is 2.71. The van der Waals surface area contributed by atoms with E-state index in [-0.39, 0.29) is 5.90 Å². The van der Waals surface area contributed by atoms with Crippen molar-refractivity contribution in [2.75, 3.05) is 6.61 Å². The zero-order valence-electron chi connectivity index (χ0n) is 7.80. The van der Waals surface area contributed by atoms with Crippen molar-refractivity contribution in [1.82, 2.24) is 0 Å². The number of hydrogen-bond donors (Lipinski definition) is 1. The molecule has 1 rings (SSSR count). The Morgan fingerprint density at radius 1 is 1.50 bits per heavy atom. The summed E-state index contributed by atoms with van der Waals surface area (Å²) in [5, 5.41) is 7.86. The lowest BCUT2D eigenvalue weighted by Gasteiger charge is -1.95. The van der Waals surface area contributed by atoms with Crippen molar-refractivity contribution in [1.29, 1.82) is 5.41 Å². The molecule has 0 spiro atoms. The molecular formula is C11H10ClNO. The van der Waals surface area contributed by atoms with Crippen LogP contribution >= 0.6 is 11.6 Å². The molecule has 2 nitrogen and oxygen atoms in total. The second kappa shape index (κ2) is 5.31. The molecule has 0 aliphatic carbocycles. The molecule has 1 N–H and O–H groups in total. The molecule has 0 atom stereocenters. The van der Waals surface area contributed by atoms with Crippen LogP contribution in [0.15, 0.2) is 24.3 Å². The summed E-state index contributed by atoms with van der Waals surface area (Å²) in [4.78, 5) is 0. The molecule has 0 bridgehead atoms. The van der Waals surface area contributed by atoms with Crippen LogP contribution in [-0.2, 0) is 4.74 Å². The van der Waals surface area contributed by atoms with Gasteiger partial charge in [-0.15, -0.1) is 0 Å². The van der Waals surface area contributed by atoms with Crippen LogP contribution in [0, 0.1) is 17.3 Å². The molecule has 1 aromatic carbocycles. The maximum atomic E-state index is 7.27. The predicted molar refractivity (Wildman–Crippen MR) is 57.7 cm³/mol. The quantitative estimate of drug-likeness (QED) is 0.429. The molecule has 0 saturated carbocycles. The minimum Gasteiger partial charge on any atom is -0.472 e. The van der Waals surface area contributed by atoms with E-state index in [1.54, 1.807) is 12.1 Å². The molecule has 0 unspecified atom stereocenters. The fraction of sp³-hybridized carbons (Fsp3) is 0.182. The van der Waals surface area contributed by atoms with Crippen molar-refractivity contribution in [3.63, 3.8) is 0 Å². The van der Waals surface area contributed by atoms with E-state index >= 15 is 0 Å². The maximum Gasteiger partial charge on any atom is 0.260 e. The van der Waals surface area contributed by atoms with Gasteiger partial charge < -0.3 is 4.74 Å². The second-order valence-corrected chi connectivity index (χ2v) is 2.90. The molecule has 3 heteroatoms. The number of halogens is 1. The molecule has 0 aliphatic rings. The van der Waals surface area contributed by atoms with Crippen LogP contribution in [0.3, 0.4) is 0 Å². The van der Waals surface area contributed by atoms with Crippen LogP contribution < -0.4 is 0 Å². The van der Waals surface area contributed by atoms with E-state index in [2.05, 4.69) is 11.8 Å². The third-order valence-corrected chi connectivity index (χ3v) is 1.80. The molecule has 0 amide bonds. The van der Waals surface area contributed by atoms with E-state index in [0.29, 0.717) is 17.2 Å². The van der Waals surface area contributed by atoms with Crippen molar-refractivity contribution >= 4 is 17.5 Å². The molecule has 0 heterocycles. The van der Waals surface area contributed by atoms with Gasteiger partial charge in [0.25, 0.3) is 5.90 Å². The zero-order chi connectivity index (χ0) is 10.4. The summed E-state index contributed by atoms with van der Waals surface area (Å²) < 4.78 is 4.87. The van der Waals surface area contributed by atoms with Crippen molar-refractivity contribution in [2.45, 2.75) is 6.92 Å². The Bertz CT molecular complexity index is 390. The van der Waals surface area contributed by atoms with Crippen LogP contribution in [0.2, 0.25) is 5.02 Å². The van der Waals surface area contributed by atoms with Crippen molar-refractivity contribution in [2.24, 2.45) is 0 Å². The smallest absolute Gasteiger partial charge is 0.260 e. The Hall–Kier alpha value is -1.46. The van der Waals surface area contributed by atoms with Crippen LogP contribution in [-0.4, -0.2) is 12.5 Å². The van der Waals surface area contributed by atoms with Gasteiger partial charge in [-0.05, 0) is 25.0 Å². The molecule has 14 heavy (non-hydrogen) atoms. The first kappa shape index (κ1) is 10.6. The van der Waals surface area contributed by atoms with Crippen LogP contribution in [0.5, 0.6) is 0 Å². The van der Waals surface area contributed by atoms with Gasteiger partial charge in [-0.3, -0.25) is 5.41 Å². The molecule has 72 valence electrons. The van der Waals surface area contributed by atoms with Gasteiger partial charge in [0, 0.05) is 5.56 Å². The van der Waals surface area contributed by atoms with Crippen molar-refractivity contribution in [3.05, 3.63) is 34.9 Å². The van der Waals surface area contributed by atoms with Gasteiger partial charge in [-0.1, -0.05) is 29.7 Å². The fourth-order valence-corrected chi connectivity index (χ4v) is 1.05. The second-order valence-electron chi connectivity index (χ2n) is 2.49. The minimum absolute atomic E-state index is 0.0348. The first-order valence-electron chi connectivity index (χ1n) is 4.22. The molecule has 1 aromatic rings. The molecule has 0 fully saturated rings. The molecular weight excluding hydrogens is 198 g/mol. The maximum absolute atomic E-state index is 7.27. The highest BCUT2D eigenvalue weighted by Crippen LogP contribution is 2.12. The lowest BCUT2D eigenvalue weighted by Crippen LogP contribution is -1.98. The van der Waals surface area contributed by atoms with Crippen molar-refractivity contribution in [3.8, 4) is 11.8 Å². The number of benzene rings is 1. The van der Waals surface area contributed by atoms with E-state index in [1.807, 2.05) is 19.1 Å². The Kier molecular flexibility index (Phi) is 4.03. The van der Waals surface area contributed by atoms with Gasteiger partial charge in [-0.25, -0.2) is 0 Å². The highest BCUT2D eigenvalue weighted by atomic mass is 35.5. The molecule has 0 saturated heterocycles. The topological polar surface area (TPSA) is 33.1 Å². The zero-order valence-corrected chi connectivity index (χ0v) is 8.56. The Balaban J connectivity index is 2.77. The highest BCUT2D eigenvalue weighted by molar-refractivity contribution is 6.31. The van der Waals surface area contributed by atoms with E-state index in [0.717, 1.165) is 0 Å². The Morgan fingerprint density at radius 3 is 2.86 bits per heavy atom. The van der Waals surface area contributed by atoms with Gasteiger partial charge >= 0.3 is 0 Å². The van der Waals surface area contributed by atoms with E-state index < -0.39 is 0 Å². The average Bonchev–Trinajstić information content (AvgIpc) is 2.17. The molecule has 0 aliphatic heterocycles. The lowest BCUT2D eigenvalue weighted by molar-refractivity contribution is 0.329. The summed E-state index contributed by atoms with van der Waals surface area (Å²) in [5.41, 5.74) is 0.707. The van der Waals surface area contributed by atoms with Crippen LogP contribution in [0.1, 0.15) is 12.5 Å².